The number of nitrogens with one attached hydrogen (secondary N) is 1. The number of benzene rings is 2. The van der Waals surface area contributed by atoms with Gasteiger partial charge >= 0.3 is 0 Å². The van der Waals surface area contributed by atoms with Crippen molar-refractivity contribution in [3.05, 3.63) is 64.6 Å². The van der Waals surface area contributed by atoms with Crippen LogP contribution in [0.2, 0.25) is 0 Å². The first-order chi connectivity index (χ1) is 12.6. The Hall–Kier alpha value is -2.45. The molecular weight excluding hydrogens is 414 g/mol. The lowest BCUT2D eigenvalue weighted by Gasteiger charge is -2.04. The number of carbonyl (C=O) groups is 1. The Morgan fingerprint density at radius 1 is 1.19 bits per heavy atom. The molecule has 0 spiro atoms. The van der Waals surface area contributed by atoms with Gasteiger partial charge in [-0.25, -0.2) is 5.43 Å². The average Bonchev–Trinajstić information content (AvgIpc) is 3.02. The SMILES string of the molecule is Cn1c(SCC(=O)N/N=C/c2ccccc2)nnc1-c1ccc(Br)cc1. The van der Waals surface area contributed by atoms with E-state index >= 15 is 0 Å². The van der Waals surface area contributed by atoms with Crippen molar-refractivity contribution < 1.29 is 4.79 Å². The van der Waals surface area contributed by atoms with Crippen LogP contribution in [-0.4, -0.2) is 32.6 Å². The Bertz CT molecular complexity index is 909. The van der Waals surface area contributed by atoms with Gasteiger partial charge in [-0.15, -0.1) is 10.2 Å². The standard InChI is InChI=1S/C18H16BrN5OS/c1-24-17(14-7-9-15(19)10-8-14)22-23-18(24)26-12-16(25)21-20-11-13-5-3-2-4-6-13/h2-11H,12H2,1H3,(H,21,25)/b20-11+. The van der Waals surface area contributed by atoms with Gasteiger partial charge in [0.05, 0.1) is 12.0 Å². The smallest absolute Gasteiger partial charge is 0.250 e. The highest BCUT2D eigenvalue weighted by Gasteiger charge is 2.12. The van der Waals surface area contributed by atoms with Crippen molar-refractivity contribution in [1.29, 1.82) is 0 Å². The molecule has 3 aromatic rings. The molecule has 1 amide bonds. The molecule has 0 saturated heterocycles. The highest BCUT2D eigenvalue weighted by Crippen LogP contribution is 2.23. The first-order valence-corrected chi connectivity index (χ1v) is 9.56. The van der Waals surface area contributed by atoms with Crippen molar-refractivity contribution in [2.45, 2.75) is 5.16 Å². The Morgan fingerprint density at radius 3 is 2.65 bits per heavy atom. The molecule has 0 aliphatic carbocycles. The number of aromatic nitrogens is 3. The number of halogens is 1. The molecule has 2 aromatic carbocycles. The third-order valence-corrected chi connectivity index (χ3v) is 5.02. The van der Waals surface area contributed by atoms with Gasteiger partial charge in [0.2, 0.25) is 0 Å². The van der Waals surface area contributed by atoms with Gasteiger partial charge in [0.25, 0.3) is 5.91 Å². The normalized spacial score (nSPS) is 11.0. The van der Waals surface area contributed by atoms with E-state index in [2.05, 4.69) is 36.7 Å². The molecule has 0 aliphatic rings. The average molecular weight is 430 g/mol. The lowest BCUT2D eigenvalue weighted by molar-refractivity contribution is -0.118. The fourth-order valence-electron chi connectivity index (χ4n) is 2.17. The Labute approximate surface area is 163 Å². The number of nitrogens with zero attached hydrogens (tertiary/aromatic N) is 4. The van der Waals surface area contributed by atoms with Crippen molar-refractivity contribution in [2.24, 2.45) is 12.1 Å². The third-order valence-electron chi connectivity index (χ3n) is 3.47. The van der Waals surface area contributed by atoms with Crippen molar-refractivity contribution in [3.8, 4) is 11.4 Å². The number of hydrazone groups is 1. The van der Waals surface area contributed by atoms with Crippen LogP contribution in [-0.2, 0) is 11.8 Å². The maximum atomic E-state index is 11.9. The minimum absolute atomic E-state index is 0.199. The second-order valence-electron chi connectivity index (χ2n) is 5.36. The van der Waals surface area contributed by atoms with Crippen LogP contribution < -0.4 is 5.43 Å². The van der Waals surface area contributed by atoms with Crippen molar-refractivity contribution in [3.63, 3.8) is 0 Å². The van der Waals surface area contributed by atoms with Gasteiger partial charge in [-0.05, 0) is 17.7 Å². The summed E-state index contributed by atoms with van der Waals surface area (Å²) in [6.45, 7) is 0. The molecule has 1 aromatic heterocycles. The molecule has 0 radical (unpaired) electrons. The summed E-state index contributed by atoms with van der Waals surface area (Å²) < 4.78 is 2.87. The maximum absolute atomic E-state index is 11.9. The van der Waals surface area contributed by atoms with Crippen molar-refractivity contribution >= 4 is 39.8 Å². The number of thioether (sulfide) groups is 1. The van der Waals surface area contributed by atoms with Crippen molar-refractivity contribution in [2.75, 3.05) is 5.75 Å². The zero-order valence-corrected chi connectivity index (χ0v) is 16.4. The van der Waals surface area contributed by atoms with Crippen LogP contribution in [0.25, 0.3) is 11.4 Å². The molecule has 0 atom stereocenters. The summed E-state index contributed by atoms with van der Waals surface area (Å²) in [6, 6.07) is 17.4. The maximum Gasteiger partial charge on any atom is 0.250 e. The van der Waals surface area contributed by atoms with Crippen LogP contribution in [0.5, 0.6) is 0 Å². The lowest BCUT2D eigenvalue weighted by atomic mass is 10.2. The molecule has 0 unspecified atom stereocenters. The Balaban J connectivity index is 1.55. The number of carbonyl (C=O) groups excluding carboxylic acids is 1. The van der Waals surface area contributed by atoms with Gasteiger partial charge in [0, 0.05) is 17.1 Å². The molecule has 1 heterocycles. The monoisotopic (exact) mass is 429 g/mol. The van der Waals surface area contributed by atoms with E-state index in [1.54, 1.807) is 6.21 Å². The third kappa shape index (κ3) is 4.80. The second kappa shape index (κ2) is 8.77. The van der Waals surface area contributed by atoms with Gasteiger partial charge in [-0.3, -0.25) is 4.79 Å². The number of rotatable bonds is 6. The summed E-state index contributed by atoms with van der Waals surface area (Å²) in [4.78, 5) is 11.9. The summed E-state index contributed by atoms with van der Waals surface area (Å²) >= 11 is 4.73. The summed E-state index contributed by atoms with van der Waals surface area (Å²) in [5.41, 5.74) is 4.40. The molecule has 26 heavy (non-hydrogen) atoms. The highest BCUT2D eigenvalue weighted by molar-refractivity contribution is 9.10. The fraction of sp³-hybridized carbons (Fsp3) is 0.111. The van der Waals surface area contributed by atoms with E-state index in [-0.39, 0.29) is 11.7 Å². The van der Waals surface area contributed by atoms with E-state index in [0.29, 0.717) is 5.16 Å². The molecule has 0 fully saturated rings. The van der Waals surface area contributed by atoms with E-state index in [0.717, 1.165) is 21.4 Å². The van der Waals surface area contributed by atoms with Gasteiger partial charge in [0.1, 0.15) is 0 Å². The van der Waals surface area contributed by atoms with Crippen LogP contribution in [0.4, 0.5) is 0 Å². The van der Waals surface area contributed by atoms with E-state index in [9.17, 15) is 4.79 Å². The first kappa shape index (κ1) is 18.3. The van der Waals surface area contributed by atoms with E-state index in [1.165, 1.54) is 11.8 Å². The van der Waals surface area contributed by atoms with Gasteiger partial charge in [0.15, 0.2) is 11.0 Å². The van der Waals surface area contributed by atoms with Gasteiger partial charge in [-0.2, -0.15) is 5.10 Å². The van der Waals surface area contributed by atoms with E-state index in [4.69, 9.17) is 0 Å². The summed E-state index contributed by atoms with van der Waals surface area (Å²) in [5.74, 6) is 0.760. The number of amides is 1. The zero-order valence-electron chi connectivity index (χ0n) is 14.0. The van der Waals surface area contributed by atoms with Crippen LogP contribution in [0.15, 0.2) is 69.3 Å². The van der Waals surface area contributed by atoms with Crippen LogP contribution in [0.3, 0.4) is 0 Å². The molecule has 132 valence electrons. The zero-order chi connectivity index (χ0) is 18.4. The minimum Gasteiger partial charge on any atom is -0.305 e. The molecule has 0 aliphatic heterocycles. The molecule has 3 rings (SSSR count). The largest absolute Gasteiger partial charge is 0.305 e. The fourth-order valence-corrected chi connectivity index (χ4v) is 3.14. The molecular formula is C18H16BrN5OS. The molecule has 0 bridgehead atoms. The number of hydrogen-bond donors (Lipinski definition) is 1. The summed E-state index contributed by atoms with van der Waals surface area (Å²) in [7, 11) is 1.88. The van der Waals surface area contributed by atoms with Crippen LogP contribution in [0, 0.1) is 0 Å². The first-order valence-electron chi connectivity index (χ1n) is 7.78. The number of hydrogen-bond acceptors (Lipinski definition) is 5. The van der Waals surface area contributed by atoms with E-state index < -0.39 is 0 Å². The molecule has 8 heteroatoms. The minimum atomic E-state index is -0.199. The second-order valence-corrected chi connectivity index (χ2v) is 7.22. The quantitative estimate of drug-likeness (QED) is 0.369. The Morgan fingerprint density at radius 2 is 1.92 bits per heavy atom. The van der Waals surface area contributed by atoms with Crippen LogP contribution in [0.1, 0.15) is 5.56 Å². The molecule has 1 N–H and O–H groups in total. The van der Waals surface area contributed by atoms with Gasteiger partial charge < -0.3 is 4.57 Å². The lowest BCUT2D eigenvalue weighted by Crippen LogP contribution is -2.19. The topological polar surface area (TPSA) is 72.2 Å². The molecule has 6 nitrogen and oxygen atoms in total. The Kier molecular flexibility index (Phi) is 6.19. The highest BCUT2D eigenvalue weighted by atomic mass is 79.9. The van der Waals surface area contributed by atoms with E-state index in [1.807, 2.05) is 66.2 Å². The summed E-state index contributed by atoms with van der Waals surface area (Å²) in [6.07, 6.45) is 1.61. The van der Waals surface area contributed by atoms with Gasteiger partial charge in [-0.1, -0.05) is 70.2 Å². The molecule has 0 saturated carbocycles. The predicted octanol–water partition coefficient (Wildman–Crippen LogP) is 3.49. The summed E-state index contributed by atoms with van der Waals surface area (Å²) in [5, 5.41) is 13.0. The van der Waals surface area contributed by atoms with Crippen LogP contribution >= 0.6 is 27.7 Å². The van der Waals surface area contributed by atoms with Crippen molar-refractivity contribution in [1.82, 2.24) is 20.2 Å². The predicted molar refractivity (Wildman–Crippen MR) is 107 cm³/mol.